The predicted molar refractivity (Wildman–Crippen MR) is 128 cm³/mol. The van der Waals surface area contributed by atoms with E-state index in [1.165, 1.54) is 13.1 Å². The Kier molecular flexibility index (Phi) is 9.85. The number of methoxy groups -OCH3 is 1. The molecule has 5 nitrogen and oxygen atoms in total. The summed E-state index contributed by atoms with van der Waals surface area (Å²) in [7, 11) is 3.04. The number of carbonyl (C=O) groups is 2. The summed E-state index contributed by atoms with van der Waals surface area (Å²) < 4.78 is 45.1. The molecule has 34 heavy (non-hydrogen) atoms. The molecule has 9 heteroatoms. The fourth-order valence-electron chi connectivity index (χ4n) is 3.77. The fourth-order valence-corrected chi connectivity index (χ4v) is 4.14. The normalized spacial score (nSPS) is 13.3. The highest BCUT2D eigenvalue weighted by molar-refractivity contribution is 7.80. The number of alkyl halides is 3. The van der Waals surface area contributed by atoms with Crippen LogP contribution in [-0.4, -0.2) is 32.0 Å². The predicted octanol–water partition coefficient (Wildman–Crippen LogP) is 4.68. The first-order valence-corrected chi connectivity index (χ1v) is 11.4. The van der Waals surface area contributed by atoms with E-state index in [-0.39, 0.29) is 35.5 Å². The average Bonchev–Trinajstić information content (AvgIpc) is 2.78. The number of carbonyl (C=O) groups excluding carboxylic acids is 2. The zero-order chi connectivity index (χ0) is 25.5. The number of benzene rings is 2. The first-order valence-electron chi connectivity index (χ1n) is 11.0. The molecule has 0 saturated heterocycles. The van der Waals surface area contributed by atoms with Crippen molar-refractivity contribution >= 4 is 24.4 Å². The van der Waals surface area contributed by atoms with E-state index in [0.717, 1.165) is 11.6 Å². The van der Waals surface area contributed by atoms with E-state index in [9.17, 15) is 22.8 Å². The molecule has 0 aliphatic rings. The molecule has 0 heterocycles. The molecule has 2 amide bonds. The molecule has 2 N–H and O–H groups in total. The van der Waals surface area contributed by atoms with Crippen LogP contribution < -0.4 is 15.4 Å². The van der Waals surface area contributed by atoms with Gasteiger partial charge in [0.05, 0.1) is 12.7 Å². The van der Waals surface area contributed by atoms with Crippen LogP contribution in [0.25, 0.3) is 0 Å². The third kappa shape index (κ3) is 7.68. The molecule has 0 fully saturated rings. The maximum atomic E-state index is 13.3. The second kappa shape index (κ2) is 12.1. The van der Waals surface area contributed by atoms with Gasteiger partial charge in [0.2, 0.25) is 11.8 Å². The smallest absolute Gasteiger partial charge is 0.417 e. The second-order valence-corrected chi connectivity index (χ2v) is 9.02. The Hall–Kier alpha value is -2.68. The molecule has 0 spiro atoms. The summed E-state index contributed by atoms with van der Waals surface area (Å²) >= 11 is 4.11. The first kappa shape index (κ1) is 27.6. The van der Waals surface area contributed by atoms with Crippen molar-refractivity contribution < 1.29 is 27.5 Å². The summed E-state index contributed by atoms with van der Waals surface area (Å²) in [5.41, 5.74) is 0.330. The molecule has 2 atom stereocenters. The first-order chi connectivity index (χ1) is 16.0. The van der Waals surface area contributed by atoms with Crippen LogP contribution in [0.15, 0.2) is 47.4 Å². The molecule has 1 unspecified atom stereocenters. The quantitative estimate of drug-likeness (QED) is 0.419. The van der Waals surface area contributed by atoms with Gasteiger partial charge in [0.25, 0.3) is 0 Å². The molecule has 0 saturated carbocycles. The zero-order valence-corrected chi connectivity index (χ0v) is 20.6. The van der Waals surface area contributed by atoms with Crippen LogP contribution in [0.2, 0.25) is 0 Å². The van der Waals surface area contributed by atoms with E-state index in [1.807, 2.05) is 26.0 Å². The largest absolute Gasteiger partial charge is 0.497 e. The molecule has 0 radical (unpaired) electrons. The van der Waals surface area contributed by atoms with Gasteiger partial charge in [-0.1, -0.05) is 38.1 Å². The number of ether oxygens (including phenoxy) is 1. The number of nitrogens with one attached hydrogen (secondary N) is 2. The fraction of sp³-hybridized carbons (Fsp3) is 0.440. The molecule has 0 bridgehead atoms. The third-order valence-corrected chi connectivity index (χ3v) is 6.02. The van der Waals surface area contributed by atoms with Crippen LogP contribution in [0.3, 0.4) is 0 Å². The molecule has 2 rings (SSSR count). The van der Waals surface area contributed by atoms with Crippen LogP contribution >= 0.6 is 12.6 Å². The lowest BCUT2D eigenvalue weighted by Gasteiger charge is -2.24. The van der Waals surface area contributed by atoms with E-state index in [2.05, 4.69) is 23.3 Å². The highest BCUT2D eigenvalue weighted by Gasteiger charge is 2.34. The van der Waals surface area contributed by atoms with E-state index in [0.29, 0.717) is 17.7 Å². The van der Waals surface area contributed by atoms with Crippen LogP contribution in [0.4, 0.5) is 13.2 Å². The Morgan fingerprint density at radius 3 is 2.21 bits per heavy atom. The van der Waals surface area contributed by atoms with Crippen molar-refractivity contribution in [1.29, 1.82) is 0 Å². The lowest BCUT2D eigenvalue weighted by Crippen LogP contribution is -2.49. The number of hydrogen-bond donors (Lipinski definition) is 3. The van der Waals surface area contributed by atoms with Gasteiger partial charge in [-0.15, -0.1) is 12.6 Å². The van der Waals surface area contributed by atoms with Gasteiger partial charge in [-0.05, 0) is 48.1 Å². The molecule has 2 aromatic rings. The van der Waals surface area contributed by atoms with Gasteiger partial charge in [-0.3, -0.25) is 9.59 Å². The van der Waals surface area contributed by atoms with Crippen molar-refractivity contribution in [3.8, 4) is 5.75 Å². The van der Waals surface area contributed by atoms with E-state index >= 15 is 0 Å². The van der Waals surface area contributed by atoms with Crippen LogP contribution in [-0.2, 0) is 28.6 Å². The van der Waals surface area contributed by atoms with Crippen molar-refractivity contribution in [3.05, 3.63) is 59.2 Å². The number of likely N-dealkylation sites (N-methyl/N-ethyl adjacent to an activating group) is 1. The molecule has 2 aromatic carbocycles. The van der Waals surface area contributed by atoms with Crippen molar-refractivity contribution in [3.63, 3.8) is 0 Å². The monoisotopic (exact) mass is 496 g/mol. The number of amides is 2. The minimum atomic E-state index is -4.54. The maximum Gasteiger partial charge on any atom is 0.417 e. The minimum absolute atomic E-state index is 0.0791. The minimum Gasteiger partial charge on any atom is -0.497 e. The molecular weight excluding hydrogens is 465 g/mol. The summed E-state index contributed by atoms with van der Waals surface area (Å²) in [6.07, 6.45) is -3.76. The van der Waals surface area contributed by atoms with Gasteiger partial charge in [-0.25, -0.2) is 0 Å². The Morgan fingerprint density at radius 1 is 1.03 bits per heavy atom. The average molecular weight is 497 g/mol. The molecule has 186 valence electrons. The third-order valence-electron chi connectivity index (χ3n) is 5.50. The summed E-state index contributed by atoms with van der Waals surface area (Å²) in [4.78, 5) is 25.6. The summed E-state index contributed by atoms with van der Waals surface area (Å²) in [5, 5.41) is 5.37. The van der Waals surface area contributed by atoms with Gasteiger partial charge in [-0.2, -0.15) is 13.2 Å². The maximum absolute atomic E-state index is 13.3. The number of thiol groups is 1. The standard InChI is InChI=1S/C25H31F3N2O3S/c1-15(2)12-18(14-17-6-5-7-20(22(17)34)25(26,27)28)23(31)30-21(24(32)29-3)13-16-8-10-19(33-4)11-9-16/h5-11,15,18,21,34H,12-14H2,1-4H3,(H,29,32)(H,30,31)/t18?,21-/m0/s1. The van der Waals surface area contributed by atoms with Crippen molar-refractivity contribution in [1.82, 2.24) is 10.6 Å². The summed E-state index contributed by atoms with van der Waals surface area (Å²) in [6, 6.07) is 10.1. The summed E-state index contributed by atoms with van der Waals surface area (Å²) in [5.74, 6) is -0.588. The Morgan fingerprint density at radius 2 is 1.68 bits per heavy atom. The Balaban J connectivity index is 2.26. The highest BCUT2D eigenvalue weighted by Crippen LogP contribution is 2.36. The van der Waals surface area contributed by atoms with Crippen LogP contribution in [0.5, 0.6) is 5.75 Å². The van der Waals surface area contributed by atoms with Gasteiger partial charge in [0.1, 0.15) is 11.8 Å². The second-order valence-electron chi connectivity index (χ2n) is 8.57. The van der Waals surface area contributed by atoms with Gasteiger partial charge >= 0.3 is 6.18 Å². The van der Waals surface area contributed by atoms with E-state index < -0.39 is 23.7 Å². The molecular formula is C25H31F3N2O3S. The van der Waals surface area contributed by atoms with Gasteiger partial charge < -0.3 is 15.4 Å². The molecule has 0 aliphatic carbocycles. The van der Waals surface area contributed by atoms with Crippen LogP contribution in [0.1, 0.15) is 37.0 Å². The highest BCUT2D eigenvalue weighted by atomic mass is 32.1. The Labute approximate surface area is 203 Å². The van der Waals surface area contributed by atoms with Gasteiger partial charge in [0.15, 0.2) is 0 Å². The number of rotatable bonds is 10. The number of hydrogen-bond acceptors (Lipinski definition) is 4. The lowest BCUT2D eigenvalue weighted by molar-refractivity contribution is -0.139. The van der Waals surface area contributed by atoms with E-state index in [4.69, 9.17) is 4.74 Å². The van der Waals surface area contributed by atoms with Gasteiger partial charge in [0, 0.05) is 24.3 Å². The van der Waals surface area contributed by atoms with Crippen molar-refractivity contribution in [2.45, 2.75) is 50.2 Å². The van der Waals surface area contributed by atoms with E-state index in [1.54, 1.807) is 25.3 Å². The van der Waals surface area contributed by atoms with Crippen molar-refractivity contribution in [2.75, 3.05) is 14.2 Å². The lowest BCUT2D eigenvalue weighted by atomic mass is 9.89. The SMILES string of the molecule is CNC(=O)[C@H](Cc1ccc(OC)cc1)NC(=O)C(Cc1cccc(C(F)(F)F)c1S)CC(C)C. The Bertz CT molecular complexity index is 978. The zero-order valence-electron chi connectivity index (χ0n) is 19.7. The number of halogens is 3. The molecule has 0 aliphatic heterocycles. The topological polar surface area (TPSA) is 67.4 Å². The summed E-state index contributed by atoms with van der Waals surface area (Å²) in [6.45, 7) is 3.86. The van der Waals surface area contributed by atoms with Crippen molar-refractivity contribution in [2.24, 2.45) is 11.8 Å². The molecule has 0 aromatic heterocycles. The van der Waals surface area contributed by atoms with Crippen LogP contribution in [0, 0.1) is 11.8 Å².